The Balaban J connectivity index is 2.30. The monoisotopic (exact) mass is 228 g/mol. The number of carbonyl (C=O) groups excluding carboxylic acids is 1. The molecule has 16 heavy (non-hydrogen) atoms. The molecule has 4 nitrogen and oxygen atoms in total. The summed E-state index contributed by atoms with van der Waals surface area (Å²) in [6, 6.07) is 0. The van der Waals surface area contributed by atoms with Crippen LogP contribution in [0.5, 0.6) is 0 Å². The Hall–Kier alpha value is -0.610. The van der Waals surface area contributed by atoms with Crippen molar-refractivity contribution >= 4 is 5.91 Å². The highest BCUT2D eigenvalue weighted by Gasteiger charge is 2.31. The molecule has 0 bridgehead atoms. The van der Waals surface area contributed by atoms with Gasteiger partial charge in [-0.25, -0.2) is 0 Å². The van der Waals surface area contributed by atoms with Gasteiger partial charge in [0.15, 0.2) is 0 Å². The number of nitrogens with two attached hydrogens (primary N) is 1. The number of nitrogens with one attached hydrogen (secondary N) is 1. The van der Waals surface area contributed by atoms with Crippen molar-refractivity contribution in [2.45, 2.75) is 51.0 Å². The van der Waals surface area contributed by atoms with E-state index in [2.05, 4.69) is 5.32 Å². The molecule has 94 valence electrons. The maximum Gasteiger partial charge on any atom is 0.246 e. The normalized spacial score (nSPS) is 19.4. The summed E-state index contributed by atoms with van der Waals surface area (Å²) < 4.78 is 5.74. The van der Waals surface area contributed by atoms with Crippen LogP contribution in [0, 0.1) is 0 Å². The SMILES string of the molecule is CCCNC(=O)COC1(CN)CCCCC1. The molecule has 4 heteroatoms. The molecule has 3 N–H and O–H groups in total. The van der Waals surface area contributed by atoms with E-state index < -0.39 is 0 Å². The van der Waals surface area contributed by atoms with Gasteiger partial charge in [0.25, 0.3) is 0 Å². The maximum absolute atomic E-state index is 11.4. The number of hydrogen-bond donors (Lipinski definition) is 2. The minimum absolute atomic E-state index is 0.0275. The first kappa shape index (κ1) is 13.5. The number of ether oxygens (including phenoxy) is 1. The van der Waals surface area contributed by atoms with Crippen molar-refractivity contribution in [3.63, 3.8) is 0 Å². The lowest BCUT2D eigenvalue weighted by atomic mass is 9.85. The molecular formula is C12H24N2O2. The molecule has 0 spiro atoms. The first-order chi connectivity index (χ1) is 7.72. The van der Waals surface area contributed by atoms with Crippen LogP contribution in [0.4, 0.5) is 0 Å². The van der Waals surface area contributed by atoms with Crippen molar-refractivity contribution in [1.82, 2.24) is 5.32 Å². The number of rotatable bonds is 6. The molecule has 1 saturated carbocycles. The van der Waals surface area contributed by atoms with Gasteiger partial charge in [-0.15, -0.1) is 0 Å². The quantitative estimate of drug-likeness (QED) is 0.717. The Kier molecular flexibility index (Phi) is 5.77. The van der Waals surface area contributed by atoms with E-state index in [9.17, 15) is 4.79 Å². The third-order valence-corrected chi connectivity index (χ3v) is 3.22. The molecule has 1 amide bonds. The van der Waals surface area contributed by atoms with E-state index in [4.69, 9.17) is 10.5 Å². The fraction of sp³-hybridized carbons (Fsp3) is 0.917. The summed E-state index contributed by atoms with van der Waals surface area (Å²) in [6.07, 6.45) is 6.51. The van der Waals surface area contributed by atoms with E-state index in [0.29, 0.717) is 6.54 Å². The molecule has 0 aromatic rings. The predicted octanol–water partition coefficient (Wildman–Crippen LogP) is 1.19. The van der Waals surface area contributed by atoms with E-state index in [-0.39, 0.29) is 18.1 Å². The van der Waals surface area contributed by atoms with Crippen molar-refractivity contribution in [2.24, 2.45) is 5.73 Å². The maximum atomic E-state index is 11.4. The van der Waals surface area contributed by atoms with E-state index in [1.54, 1.807) is 0 Å². The first-order valence-corrected chi connectivity index (χ1v) is 6.33. The van der Waals surface area contributed by atoms with Crippen molar-refractivity contribution < 1.29 is 9.53 Å². The van der Waals surface area contributed by atoms with Gasteiger partial charge in [-0.3, -0.25) is 4.79 Å². The second-order valence-electron chi connectivity index (χ2n) is 4.59. The zero-order chi connectivity index (χ0) is 11.9. The van der Waals surface area contributed by atoms with E-state index >= 15 is 0 Å². The Morgan fingerprint density at radius 3 is 2.62 bits per heavy atom. The van der Waals surface area contributed by atoms with Crippen LogP contribution in [0.1, 0.15) is 45.4 Å². The molecule has 0 aromatic carbocycles. The summed E-state index contributed by atoms with van der Waals surface area (Å²) in [6.45, 7) is 3.42. The van der Waals surface area contributed by atoms with Crippen LogP contribution in [-0.4, -0.2) is 31.2 Å². The highest BCUT2D eigenvalue weighted by molar-refractivity contribution is 5.77. The fourth-order valence-corrected chi connectivity index (χ4v) is 2.14. The Morgan fingerprint density at radius 2 is 2.06 bits per heavy atom. The van der Waals surface area contributed by atoms with Gasteiger partial charge in [0.2, 0.25) is 5.91 Å². The lowest BCUT2D eigenvalue weighted by Crippen LogP contribution is -2.45. The predicted molar refractivity (Wildman–Crippen MR) is 64.1 cm³/mol. The molecule has 1 aliphatic carbocycles. The summed E-state index contributed by atoms with van der Waals surface area (Å²) in [5, 5.41) is 2.81. The molecule has 0 aliphatic heterocycles. The molecule has 0 heterocycles. The van der Waals surface area contributed by atoms with Crippen molar-refractivity contribution in [3.05, 3.63) is 0 Å². The average Bonchev–Trinajstić information content (AvgIpc) is 2.35. The number of carbonyl (C=O) groups is 1. The summed E-state index contributed by atoms with van der Waals surface area (Å²) in [5.41, 5.74) is 5.53. The van der Waals surface area contributed by atoms with Crippen LogP contribution >= 0.6 is 0 Å². The van der Waals surface area contributed by atoms with Gasteiger partial charge >= 0.3 is 0 Å². The lowest BCUT2D eigenvalue weighted by molar-refractivity contribution is -0.135. The molecule has 1 rings (SSSR count). The molecule has 0 atom stereocenters. The lowest BCUT2D eigenvalue weighted by Gasteiger charge is -2.35. The second-order valence-corrected chi connectivity index (χ2v) is 4.59. The topological polar surface area (TPSA) is 64.3 Å². The minimum atomic E-state index is -0.234. The van der Waals surface area contributed by atoms with Crippen LogP contribution in [0.15, 0.2) is 0 Å². The van der Waals surface area contributed by atoms with Crippen molar-refractivity contribution in [2.75, 3.05) is 19.7 Å². The van der Waals surface area contributed by atoms with Crippen LogP contribution < -0.4 is 11.1 Å². The number of hydrogen-bond acceptors (Lipinski definition) is 3. The molecule has 0 aromatic heterocycles. The van der Waals surface area contributed by atoms with Crippen LogP contribution in [0.25, 0.3) is 0 Å². The zero-order valence-corrected chi connectivity index (χ0v) is 10.3. The Bertz CT molecular complexity index is 213. The van der Waals surface area contributed by atoms with Crippen LogP contribution in [0.3, 0.4) is 0 Å². The third kappa shape index (κ3) is 4.10. The minimum Gasteiger partial charge on any atom is -0.364 e. The number of amides is 1. The third-order valence-electron chi connectivity index (χ3n) is 3.22. The van der Waals surface area contributed by atoms with Gasteiger partial charge in [-0.2, -0.15) is 0 Å². The van der Waals surface area contributed by atoms with Gasteiger partial charge in [-0.05, 0) is 19.3 Å². The molecule has 0 radical (unpaired) electrons. The van der Waals surface area contributed by atoms with Gasteiger partial charge < -0.3 is 15.8 Å². The van der Waals surface area contributed by atoms with Crippen LogP contribution in [0.2, 0.25) is 0 Å². The molecular weight excluding hydrogens is 204 g/mol. The van der Waals surface area contributed by atoms with Crippen molar-refractivity contribution in [3.8, 4) is 0 Å². The molecule has 1 aliphatic rings. The largest absolute Gasteiger partial charge is 0.364 e. The van der Waals surface area contributed by atoms with Crippen LogP contribution in [-0.2, 0) is 9.53 Å². The zero-order valence-electron chi connectivity index (χ0n) is 10.3. The summed E-state index contributed by atoms with van der Waals surface area (Å²) in [5.74, 6) is -0.0275. The second kappa shape index (κ2) is 6.86. The molecule has 0 unspecified atom stereocenters. The highest BCUT2D eigenvalue weighted by atomic mass is 16.5. The van der Waals surface area contributed by atoms with Gasteiger partial charge in [0.1, 0.15) is 6.61 Å². The van der Waals surface area contributed by atoms with Gasteiger partial charge in [0, 0.05) is 13.1 Å². The first-order valence-electron chi connectivity index (χ1n) is 6.33. The highest BCUT2D eigenvalue weighted by Crippen LogP contribution is 2.30. The fourth-order valence-electron chi connectivity index (χ4n) is 2.14. The Morgan fingerprint density at radius 1 is 1.38 bits per heavy atom. The van der Waals surface area contributed by atoms with Gasteiger partial charge in [0.05, 0.1) is 5.60 Å². The average molecular weight is 228 g/mol. The summed E-state index contributed by atoms with van der Waals surface area (Å²) >= 11 is 0. The van der Waals surface area contributed by atoms with E-state index in [0.717, 1.165) is 38.6 Å². The van der Waals surface area contributed by atoms with Crippen molar-refractivity contribution in [1.29, 1.82) is 0 Å². The van der Waals surface area contributed by atoms with Gasteiger partial charge in [-0.1, -0.05) is 26.2 Å². The smallest absolute Gasteiger partial charge is 0.246 e. The van der Waals surface area contributed by atoms with E-state index in [1.165, 1.54) is 6.42 Å². The summed E-state index contributed by atoms with van der Waals surface area (Å²) in [7, 11) is 0. The van der Waals surface area contributed by atoms with E-state index in [1.807, 2.05) is 6.92 Å². The Labute approximate surface area is 97.9 Å². The molecule has 1 fully saturated rings. The standard InChI is InChI=1S/C12H24N2O2/c1-2-8-14-11(15)9-16-12(10-13)6-4-3-5-7-12/h2-10,13H2,1H3,(H,14,15). The summed E-state index contributed by atoms with van der Waals surface area (Å²) in [4.78, 5) is 11.4. The molecule has 0 saturated heterocycles.